The highest BCUT2D eigenvalue weighted by molar-refractivity contribution is 7.98. The van der Waals surface area contributed by atoms with Gasteiger partial charge in [0, 0.05) is 18.0 Å². The van der Waals surface area contributed by atoms with E-state index in [-0.39, 0.29) is 18.0 Å². The van der Waals surface area contributed by atoms with Crippen molar-refractivity contribution in [2.75, 3.05) is 19.3 Å². The van der Waals surface area contributed by atoms with Gasteiger partial charge in [0.1, 0.15) is 0 Å². The number of fused-ring (bicyclic) bond motifs is 1. The standard InChI is InChI=1S/C18H24N2O3S/c1-12(13-5-7-15(24-2)8-6-13)19-17(23)20-10-14-4-3-9-18(14,11-20)16(21)22/h5-8,12,14H,3-4,9-11H2,1-2H3,(H,19,23)(H,21,22)/t12-,14+,18-/m1/s1. The summed E-state index contributed by atoms with van der Waals surface area (Å²) in [6, 6.07) is 7.87. The summed E-state index contributed by atoms with van der Waals surface area (Å²) < 4.78 is 0. The third kappa shape index (κ3) is 2.99. The molecule has 0 unspecified atom stereocenters. The molecule has 0 aromatic heterocycles. The quantitative estimate of drug-likeness (QED) is 0.819. The largest absolute Gasteiger partial charge is 0.481 e. The molecule has 1 aliphatic carbocycles. The first kappa shape index (κ1) is 17.1. The van der Waals surface area contributed by atoms with Crippen LogP contribution in [0.25, 0.3) is 0 Å². The molecular weight excluding hydrogens is 324 g/mol. The Morgan fingerprint density at radius 2 is 2.08 bits per heavy atom. The van der Waals surface area contributed by atoms with E-state index in [1.54, 1.807) is 16.7 Å². The van der Waals surface area contributed by atoms with Gasteiger partial charge in [0.25, 0.3) is 0 Å². The Balaban J connectivity index is 1.64. The van der Waals surface area contributed by atoms with Crippen LogP contribution in [0.3, 0.4) is 0 Å². The minimum atomic E-state index is -0.749. The van der Waals surface area contributed by atoms with E-state index < -0.39 is 11.4 Å². The fourth-order valence-corrected chi connectivity index (χ4v) is 4.45. The number of nitrogens with zero attached hydrogens (tertiary/aromatic N) is 1. The fraction of sp³-hybridized carbons (Fsp3) is 0.556. The van der Waals surface area contributed by atoms with Gasteiger partial charge in [-0.15, -0.1) is 11.8 Å². The molecule has 3 rings (SSSR count). The molecule has 24 heavy (non-hydrogen) atoms. The first-order valence-electron chi connectivity index (χ1n) is 8.39. The summed E-state index contributed by atoms with van der Waals surface area (Å²) >= 11 is 1.68. The first-order valence-corrected chi connectivity index (χ1v) is 9.61. The van der Waals surface area contributed by atoms with Gasteiger partial charge in [-0.1, -0.05) is 18.6 Å². The molecule has 1 aromatic carbocycles. The lowest BCUT2D eigenvalue weighted by Gasteiger charge is -2.24. The molecule has 2 amide bonds. The number of carboxylic acid groups (broad SMARTS) is 1. The van der Waals surface area contributed by atoms with E-state index in [1.165, 1.54) is 4.90 Å². The first-order chi connectivity index (χ1) is 11.5. The van der Waals surface area contributed by atoms with Gasteiger partial charge in [-0.25, -0.2) is 4.79 Å². The molecule has 1 heterocycles. The molecule has 0 spiro atoms. The molecule has 0 radical (unpaired) electrons. The zero-order valence-corrected chi connectivity index (χ0v) is 14.9. The molecule has 1 saturated heterocycles. The summed E-state index contributed by atoms with van der Waals surface area (Å²) in [6.07, 6.45) is 4.57. The number of thioether (sulfide) groups is 1. The Morgan fingerprint density at radius 3 is 2.67 bits per heavy atom. The topological polar surface area (TPSA) is 69.6 Å². The van der Waals surface area contributed by atoms with Crippen LogP contribution < -0.4 is 5.32 Å². The molecule has 2 fully saturated rings. The van der Waals surface area contributed by atoms with Crippen LogP contribution in [-0.4, -0.2) is 41.4 Å². The predicted molar refractivity (Wildman–Crippen MR) is 94.2 cm³/mol. The predicted octanol–water partition coefficient (Wildman–Crippen LogP) is 3.37. The van der Waals surface area contributed by atoms with Crippen molar-refractivity contribution >= 4 is 23.8 Å². The van der Waals surface area contributed by atoms with Crippen molar-refractivity contribution in [2.45, 2.75) is 37.1 Å². The van der Waals surface area contributed by atoms with Crippen molar-refractivity contribution in [3.63, 3.8) is 0 Å². The number of rotatable bonds is 4. The number of carbonyl (C=O) groups is 2. The van der Waals surface area contributed by atoms with Gasteiger partial charge in [-0.2, -0.15) is 0 Å². The molecular formula is C18H24N2O3S. The fourth-order valence-electron chi connectivity index (χ4n) is 4.05. The second kappa shape index (κ2) is 6.67. The molecule has 6 heteroatoms. The van der Waals surface area contributed by atoms with Crippen molar-refractivity contribution in [2.24, 2.45) is 11.3 Å². The van der Waals surface area contributed by atoms with E-state index in [0.717, 1.165) is 18.4 Å². The van der Waals surface area contributed by atoms with Crippen LogP contribution in [0, 0.1) is 11.3 Å². The normalized spacial score (nSPS) is 26.9. The van der Waals surface area contributed by atoms with Crippen LogP contribution in [0.15, 0.2) is 29.2 Å². The number of hydrogen-bond acceptors (Lipinski definition) is 3. The summed E-state index contributed by atoms with van der Waals surface area (Å²) in [5.41, 5.74) is 0.328. The summed E-state index contributed by atoms with van der Waals surface area (Å²) in [4.78, 5) is 27.2. The maximum atomic E-state index is 12.6. The van der Waals surface area contributed by atoms with Crippen molar-refractivity contribution in [1.82, 2.24) is 10.2 Å². The minimum absolute atomic E-state index is 0.0944. The van der Waals surface area contributed by atoms with Gasteiger partial charge in [0.15, 0.2) is 0 Å². The Labute approximate surface area is 146 Å². The third-order valence-electron chi connectivity index (χ3n) is 5.54. The summed E-state index contributed by atoms with van der Waals surface area (Å²) in [6.45, 7) is 2.84. The van der Waals surface area contributed by atoms with E-state index in [1.807, 2.05) is 37.4 Å². The molecule has 5 nitrogen and oxygen atoms in total. The number of nitrogens with one attached hydrogen (secondary N) is 1. The van der Waals surface area contributed by atoms with Gasteiger partial charge in [-0.05, 0) is 49.6 Å². The molecule has 130 valence electrons. The lowest BCUT2D eigenvalue weighted by Crippen LogP contribution is -2.42. The molecule has 2 N–H and O–H groups in total. The maximum Gasteiger partial charge on any atom is 0.317 e. The number of amides is 2. The van der Waals surface area contributed by atoms with E-state index >= 15 is 0 Å². The number of carboxylic acids is 1. The number of aliphatic carboxylic acids is 1. The van der Waals surface area contributed by atoms with Crippen LogP contribution in [0.5, 0.6) is 0 Å². The number of carbonyl (C=O) groups excluding carboxylic acids is 1. The Hall–Kier alpha value is -1.69. The number of urea groups is 1. The second-order valence-electron chi connectivity index (χ2n) is 6.88. The molecule has 3 atom stereocenters. The van der Waals surface area contributed by atoms with Gasteiger partial charge in [-0.3, -0.25) is 4.79 Å². The summed E-state index contributed by atoms with van der Waals surface area (Å²) in [5.74, 6) is -0.655. The maximum absolute atomic E-state index is 12.6. The SMILES string of the molecule is CSc1ccc([C@@H](C)NC(=O)N2C[C@@H]3CCC[C@@]3(C(=O)O)C2)cc1. The van der Waals surface area contributed by atoms with E-state index in [9.17, 15) is 14.7 Å². The Bertz CT molecular complexity index is 634. The third-order valence-corrected chi connectivity index (χ3v) is 6.28. The molecule has 1 saturated carbocycles. The lowest BCUT2D eigenvalue weighted by molar-refractivity contribution is -0.149. The second-order valence-corrected chi connectivity index (χ2v) is 7.75. The monoisotopic (exact) mass is 348 g/mol. The molecule has 1 aromatic rings. The van der Waals surface area contributed by atoms with E-state index in [4.69, 9.17) is 0 Å². The number of benzene rings is 1. The van der Waals surface area contributed by atoms with E-state index in [2.05, 4.69) is 5.32 Å². The lowest BCUT2D eigenvalue weighted by atomic mass is 9.81. The van der Waals surface area contributed by atoms with Gasteiger partial charge < -0.3 is 15.3 Å². The van der Waals surface area contributed by atoms with Crippen molar-refractivity contribution in [3.8, 4) is 0 Å². The minimum Gasteiger partial charge on any atom is -0.481 e. The van der Waals surface area contributed by atoms with Crippen molar-refractivity contribution < 1.29 is 14.7 Å². The van der Waals surface area contributed by atoms with Gasteiger partial charge >= 0.3 is 12.0 Å². The smallest absolute Gasteiger partial charge is 0.317 e. The highest BCUT2D eigenvalue weighted by Crippen LogP contribution is 2.48. The summed E-state index contributed by atoms with van der Waals surface area (Å²) in [5, 5.41) is 12.6. The highest BCUT2D eigenvalue weighted by Gasteiger charge is 2.55. The van der Waals surface area contributed by atoms with Gasteiger partial charge in [0.2, 0.25) is 0 Å². The van der Waals surface area contributed by atoms with Crippen LogP contribution >= 0.6 is 11.8 Å². The van der Waals surface area contributed by atoms with E-state index in [0.29, 0.717) is 19.5 Å². The highest BCUT2D eigenvalue weighted by atomic mass is 32.2. The van der Waals surface area contributed by atoms with Crippen molar-refractivity contribution in [1.29, 1.82) is 0 Å². The van der Waals surface area contributed by atoms with Crippen LogP contribution in [0.2, 0.25) is 0 Å². The number of likely N-dealkylation sites (tertiary alicyclic amines) is 1. The molecule has 2 aliphatic rings. The van der Waals surface area contributed by atoms with Crippen LogP contribution in [0.1, 0.15) is 37.8 Å². The zero-order chi connectivity index (χ0) is 17.3. The van der Waals surface area contributed by atoms with Crippen molar-refractivity contribution in [3.05, 3.63) is 29.8 Å². The number of hydrogen-bond donors (Lipinski definition) is 2. The zero-order valence-electron chi connectivity index (χ0n) is 14.1. The molecule has 1 aliphatic heterocycles. The van der Waals surface area contributed by atoms with Gasteiger partial charge in [0.05, 0.1) is 11.5 Å². The Morgan fingerprint density at radius 1 is 1.38 bits per heavy atom. The molecule has 0 bridgehead atoms. The van der Waals surface area contributed by atoms with Crippen LogP contribution in [-0.2, 0) is 4.79 Å². The Kier molecular flexibility index (Phi) is 4.76. The average Bonchev–Trinajstić information content (AvgIpc) is 3.13. The average molecular weight is 348 g/mol. The summed E-state index contributed by atoms with van der Waals surface area (Å²) in [7, 11) is 0. The van der Waals surface area contributed by atoms with Crippen LogP contribution in [0.4, 0.5) is 4.79 Å².